The molecule has 0 atom stereocenters. The third-order valence-electron chi connectivity index (χ3n) is 2.37. The van der Waals surface area contributed by atoms with Gasteiger partial charge in [0.1, 0.15) is 0 Å². The minimum atomic E-state index is -1.22. The van der Waals surface area contributed by atoms with E-state index >= 15 is 0 Å². The summed E-state index contributed by atoms with van der Waals surface area (Å²) in [6.45, 7) is 3.37. The Morgan fingerprint density at radius 3 is 2.29 bits per heavy atom. The van der Waals surface area contributed by atoms with Crippen LogP contribution in [0.25, 0.3) is 0 Å². The second kappa shape index (κ2) is 8.05. The van der Waals surface area contributed by atoms with E-state index in [-0.39, 0.29) is 24.4 Å². The van der Waals surface area contributed by atoms with Gasteiger partial charge in [0.15, 0.2) is 0 Å². The van der Waals surface area contributed by atoms with E-state index < -0.39 is 11.9 Å². The summed E-state index contributed by atoms with van der Waals surface area (Å²) in [7, 11) is 0. The van der Waals surface area contributed by atoms with Crippen molar-refractivity contribution >= 4 is 24.3 Å². The molecule has 0 bridgehead atoms. The fourth-order valence-electron chi connectivity index (χ4n) is 1.49. The highest BCUT2D eigenvalue weighted by Gasteiger charge is 2.14. The van der Waals surface area contributed by atoms with Gasteiger partial charge in [-0.1, -0.05) is 0 Å². The van der Waals surface area contributed by atoms with Gasteiger partial charge in [-0.15, -0.1) is 12.4 Å². The lowest BCUT2D eigenvalue weighted by Crippen LogP contribution is -2.37. The monoisotopic (exact) mass is 265 g/mol. The number of hydrogen-bond acceptors (Lipinski definition) is 4. The molecule has 0 aliphatic carbocycles. The molecule has 0 radical (unpaired) electrons. The first-order valence-electron chi connectivity index (χ1n) is 5.06. The third-order valence-corrected chi connectivity index (χ3v) is 2.37. The molecule has 1 aliphatic heterocycles. The normalized spacial score (nSPS) is 17.3. The summed E-state index contributed by atoms with van der Waals surface area (Å²) in [6, 6.07) is 0. The summed E-state index contributed by atoms with van der Waals surface area (Å²) >= 11 is 0. The van der Waals surface area contributed by atoms with Crippen LogP contribution in [0.1, 0.15) is 6.42 Å². The smallest absolute Gasteiger partial charge is 0.331 e. The van der Waals surface area contributed by atoms with Crippen molar-refractivity contribution < 1.29 is 24.5 Å². The van der Waals surface area contributed by atoms with Crippen molar-refractivity contribution in [1.82, 2.24) is 4.90 Å². The highest BCUT2D eigenvalue weighted by atomic mass is 35.5. The predicted molar refractivity (Wildman–Crippen MR) is 62.5 cm³/mol. The van der Waals surface area contributed by atoms with E-state index in [1.807, 2.05) is 0 Å². The molecule has 6 nitrogen and oxygen atoms in total. The highest BCUT2D eigenvalue weighted by Crippen LogP contribution is 2.05. The van der Waals surface area contributed by atoms with Crippen LogP contribution in [0.15, 0.2) is 11.6 Å². The zero-order valence-electron chi connectivity index (χ0n) is 9.29. The predicted octanol–water partition coefficient (Wildman–Crippen LogP) is 0.226. The first-order valence-corrected chi connectivity index (χ1v) is 5.06. The number of carboxylic acid groups (broad SMARTS) is 2. The fraction of sp³-hybridized carbons (Fsp3) is 0.600. The van der Waals surface area contributed by atoms with Gasteiger partial charge in [-0.3, -0.25) is 4.90 Å². The van der Waals surface area contributed by atoms with Crippen molar-refractivity contribution in [3.05, 3.63) is 11.6 Å². The topological polar surface area (TPSA) is 87.1 Å². The molecule has 7 heteroatoms. The molecule has 0 aromatic heterocycles. The molecule has 0 spiro atoms. The molecule has 98 valence electrons. The lowest BCUT2D eigenvalue weighted by Gasteiger charge is -2.26. The Kier molecular flexibility index (Phi) is 7.53. The van der Waals surface area contributed by atoms with Crippen LogP contribution < -0.4 is 0 Å². The van der Waals surface area contributed by atoms with Gasteiger partial charge in [0.25, 0.3) is 0 Å². The summed E-state index contributed by atoms with van der Waals surface area (Å²) in [5.74, 6) is -2.39. The fourth-order valence-corrected chi connectivity index (χ4v) is 1.49. The van der Waals surface area contributed by atoms with Crippen LogP contribution in [-0.2, 0) is 14.3 Å². The van der Waals surface area contributed by atoms with Gasteiger partial charge in [-0.25, -0.2) is 9.59 Å². The summed E-state index contributed by atoms with van der Waals surface area (Å²) in [6.07, 6.45) is 0.990. The van der Waals surface area contributed by atoms with Crippen LogP contribution >= 0.6 is 12.4 Å². The number of carbonyl (C=O) groups is 2. The van der Waals surface area contributed by atoms with Gasteiger partial charge in [0, 0.05) is 31.3 Å². The Hall–Kier alpha value is -1.11. The first-order chi connectivity index (χ1) is 7.59. The molecule has 0 unspecified atom stereocenters. The van der Waals surface area contributed by atoms with Crippen molar-refractivity contribution in [3.63, 3.8) is 0 Å². The molecular formula is C10H16ClNO5. The van der Waals surface area contributed by atoms with E-state index in [1.54, 1.807) is 0 Å². The highest BCUT2D eigenvalue weighted by molar-refractivity contribution is 5.94. The van der Waals surface area contributed by atoms with Crippen molar-refractivity contribution in [2.24, 2.45) is 0 Å². The second-order valence-corrected chi connectivity index (χ2v) is 3.52. The van der Waals surface area contributed by atoms with Gasteiger partial charge in [0.2, 0.25) is 0 Å². The van der Waals surface area contributed by atoms with Crippen LogP contribution in [-0.4, -0.2) is 59.9 Å². The quantitative estimate of drug-likeness (QED) is 0.692. The maximum atomic E-state index is 10.7. The third kappa shape index (κ3) is 6.25. The van der Waals surface area contributed by atoms with E-state index in [4.69, 9.17) is 14.9 Å². The summed E-state index contributed by atoms with van der Waals surface area (Å²) in [4.78, 5) is 23.2. The minimum absolute atomic E-state index is 0. The largest absolute Gasteiger partial charge is 0.478 e. The van der Waals surface area contributed by atoms with Crippen LogP contribution in [0.5, 0.6) is 0 Å². The minimum Gasteiger partial charge on any atom is -0.478 e. The Bertz CT molecular complexity index is 299. The molecule has 1 saturated heterocycles. The maximum absolute atomic E-state index is 10.7. The molecule has 0 saturated carbocycles. The summed E-state index contributed by atoms with van der Waals surface area (Å²) < 4.78 is 5.15. The number of morpholine rings is 1. The van der Waals surface area contributed by atoms with Gasteiger partial charge in [-0.2, -0.15) is 0 Å². The van der Waals surface area contributed by atoms with Crippen molar-refractivity contribution in [2.75, 3.05) is 32.8 Å². The lowest BCUT2D eigenvalue weighted by molar-refractivity contribution is -0.135. The number of aliphatic carboxylic acids is 2. The van der Waals surface area contributed by atoms with Crippen LogP contribution in [0.2, 0.25) is 0 Å². The molecule has 0 aromatic rings. The standard InChI is InChI=1S/C10H15NO5.ClH/c12-9(13)7-8(10(14)15)1-2-11-3-5-16-6-4-11;/h7H,1-6H2,(H,12,13)(H,14,15);1H. The number of carboxylic acids is 2. The van der Waals surface area contributed by atoms with E-state index in [0.717, 1.165) is 19.2 Å². The van der Waals surface area contributed by atoms with Gasteiger partial charge >= 0.3 is 11.9 Å². The van der Waals surface area contributed by atoms with E-state index in [2.05, 4.69) is 4.90 Å². The molecule has 2 N–H and O–H groups in total. The number of hydrogen-bond donors (Lipinski definition) is 2. The zero-order valence-corrected chi connectivity index (χ0v) is 10.1. The molecule has 1 rings (SSSR count). The lowest BCUT2D eigenvalue weighted by atomic mass is 10.1. The average molecular weight is 266 g/mol. The molecule has 1 aliphatic rings. The summed E-state index contributed by atoms with van der Waals surface area (Å²) in [5.41, 5.74) is -0.0704. The number of ether oxygens (including phenoxy) is 1. The first kappa shape index (κ1) is 15.9. The Morgan fingerprint density at radius 2 is 1.82 bits per heavy atom. The van der Waals surface area contributed by atoms with Crippen molar-refractivity contribution in [2.45, 2.75) is 6.42 Å². The van der Waals surface area contributed by atoms with Gasteiger partial charge in [0.05, 0.1) is 13.2 Å². The average Bonchev–Trinajstić information content (AvgIpc) is 2.25. The molecule has 0 amide bonds. The Morgan fingerprint density at radius 1 is 1.24 bits per heavy atom. The number of rotatable bonds is 5. The van der Waals surface area contributed by atoms with Crippen LogP contribution in [0.3, 0.4) is 0 Å². The van der Waals surface area contributed by atoms with Gasteiger partial charge in [-0.05, 0) is 6.42 Å². The Labute approximate surface area is 105 Å². The molecule has 17 heavy (non-hydrogen) atoms. The van der Waals surface area contributed by atoms with E-state index in [1.165, 1.54) is 0 Å². The van der Waals surface area contributed by atoms with Crippen LogP contribution in [0.4, 0.5) is 0 Å². The van der Waals surface area contributed by atoms with Crippen LogP contribution in [0, 0.1) is 0 Å². The molecular weight excluding hydrogens is 250 g/mol. The van der Waals surface area contributed by atoms with E-state index in [0.29, 0.717) is 19.8 Å². The molecule has 1 fully saturated rings. The van der Waals surface area contributed by atoms with Gasteiger partial charge < -0.3 is 14.9 Å². The summed E-state index contributed by atoms with van der Waals surface area (Å²) in [5, 5.41) is 17.3. The second-order valence-electron chi connectivity index (χ2n) is 3.52. The number of halogens is 1. The zero-order chi connectivity index (χ0) is 12.0. The van der Waals surface area contributed by atoms with Crippen molar-refractivity contribution in [3.8, 4) is 0 Å². The maximum Gasteiger partial charge on any atom is 0.331 e. The van der Waals surface area contributed by atoms with Crippen molar-refractivity contribution in [1.29, 1.82) is 0 Å². The SMILES string of the molecule is Cl.O=C(O)C=C(CCN1CCOCC1)C(=O)O. The molecule has 1 heterocycles. The molecule has 0 aromatic carbocycles. The number of nitrogens with zero attached hydrogens (tertiary/aromatic N) is 1. The Balaban J connectivity index is 0.00000256. The van der Waals surface area contributed by atoms with E-state index in [9.17, 15) is 9.59 Å².